The lowest BCUT2D eigenvalue weighted by molar-refractivity contribution is -0.138. The molecule has 0 aliphatic rings. The number of aromatic nitrogens is 3. The van der Waals surface area contributed by atoms with E-state index in [0.717, 1.165) is 43.5 Å². The Morgan fingerprint density at radius 3 is 2.02 bits per heavy atom. The first-order valence-corrected chi connectivity index (χ1v) is 12.1. The molecule has 0 aliphatic heterocycles. The van der Waals surface area contributed by atoms with Crippen molar-refractivity contribution in [3.8, 4) is 5.82 Å². The molecule has 13 heteroatoms. The lowest BCUT2D eigenvalue weighted by Gasteiger charge is -2.25. The Labute approximate surface area is 228 Å². The summed E-state index contributed by atoms with van der Waals surface area (Å²) in [6.45, 7) is 6.03. The summed E-state index contributed by atoms with van der Waals surface area (Å²) >= 11 is 0. The molecule has 0 fully saturated rings. The second-order valence-electron chi connectivity index (χ2n) is 10.0. The number of hydrogen-bond donors (Lipinski definition) is 0. The van der Waals surface area contributed by atoms with Crippen molar-refractivity contribution in [2.24, 2.45) is 4.99 Å². The molecule has 0 unspecified atom stereocenters. The highest BCUT2D eigenvalue weighted by Gasteiger charge is 2.37. The maximum Gasteiger partial charge on any atom is 0.432 e. The molecule has 0 saturated carbocycles. The Bertz CT molecular complexity index is 1700. The number of benzene rings is 2. The molecular formula is C28H23F9N4. The molecule has 0 atom stereocenters. The van der Waals surface area contributed by atoms with Gasteiger partial charge in [0.1, 0.15) is 17.4 Å². The van der Waals surface area contributed by atoms with Crippen LogP contribution in [0.3, 0.4) is 0 Å². The average Bonchev–Trinajstić information content (AvgIpc) is 3.19. The van der Waals surface area contributed by atoms with E-state index in [2.05, 4.69) is 15.0 Å². The fraction of sp³-hybridized carbons (Fsp3) is 0.321. The van der Waals surface area contributed by atoms with Crippen molar-refractivity contribution in [3.63, 3.8) is 0 Å². The first-order chi connectivity index (χ1) is 18.8. The van der Waals surface area contributed by atoms with Crippen molar-refractivity contribution < 1.29 is 39.5 Å². The van der Waals surface area contributed by atoms with Crippen LogP contribution in [0.4, 0.5) is 39.5 Å². The smallest absolute Gasteiger partial charge is 0.293 e. The van der Waals surface area contributed by atoms with Crippen LogP contribution >= 0.6 is 0 Å². The molecule has 218 valence electrons. The molecule has 0 amide bonds. The average molecular weight is 587 g/mol. The van der Waals surface area contributed by atoms with Crippen molar-refractivity contribution in [2.75, 3.05) is 7.05 Å². The number of alkyl halides is 9. The molecule has 0 N–H and O–H groups in total. The third-order valence-corrected chi connectivity index (χ3v) is 7.01. The number of nitrogens with zero attached hydrogens (tertiary/aromatic N) is 4. The minimum atomic E-state index is -4.75. The first-order valence-electron chi connectivity index (χ1n) is 12.1. The summed E-state index contributed by atoms with van der Waals surface area (Å²) in [6, 6.07) is 5.86. The molecule has 2 aromatic carbocycles. The van der Waals surface area contributed by atoms with Crippen LogP contribution in [-0.4, -0.2) is 33.5 Å². The molecule has 4 nitrogen and oxygen atoms in total. The minimum Gasteiger partial charge on any atom is -0.293 e. The van der Waals surface area contributed by atoms with Crippen LogP contribution in [0.1, 0.15) is 43.3 Å². The van der Waals surface area contributed by atoms with Gasteiger partial charge in [-0.1, -0.05) is 5.57 Å². The second-order valence-corrected chi connectivity index (χ2v) is 10.0. The van der Waals surface area contributed by atoms with Gasteiger partial charge in [0.15, 0.2) is 0 Å². The number of hydrogen-bond acceptors (Lipinski definition) is 3. The Kier molecular flexibility index (Phi) is 7.24. The number of halogens is 9. The van der Waals surface area contributed by atoms with Gasteiger partial charge < -0.3 is 0 Å². The molecular weight excluding hydrogens is 563 g/mol. The van der Waals surface area contributed by atoms with Gasteiger partial charge in [0.25, 0.3) is 0 Å². The van der Waals surface area contributed by atoms with Gasteiger partial charge in [-0.3, -0.25) is 9.56 Å². The van der Waals surface area contributed by atoms with E-state index in [1.54, 1.807) is 13.8 Å². The van der Waals surface area contributed by atoms with E-state index in [1.807, 2.05) is 0 Å². The van der Waals surface area contributed by atoms with Crippen molar-refractivity contribution in [1.29, 1.82) is 0 Å². The van der Waals surface area contributed by atoms with Gasteiger partial charge >= 0.3 is 18.5 Å². The summed E-state index contributed by atoms with van der Waals surface area (Å²) in [4.78, 5) is 12.1. The monoisotopic (exact) mass is 586 g/mol. The number of aryl methyl sites for hydroxylation is 1. The Morgan fingerprint density at radius 1 is 0.854 bits per heavy atom. The van der Waals surface area contributed by atoms with E-state index < -0.39 is 40.8 Å². The third kappa shape index (κ3) is 5.53. The zero-order valence-electron chi connectivity index (χ0n) is 22.3. The Balaban J connectivity index is 2.01. The van der Waals surface area contributed by atoms with Crippen molar-refractivity contribution in [3.05, 3.63) is 76.8 Å². The molecule has 2 heterocycles. The van der Waals surface area contributed by atoms with Gasteiger partial charge in [0.2, 0.25) is 0 Å². The fourth-order valence-electron chi connectivity index (χ4n) is 4.54. The molecule has 0 spiro atoms. The highest BCUT2D eigenvalue weighted by molar-refractivity contribution is 6.10. The first kappa shape index (κ1) is 30.1. The van der Waals surface area contributed by atoms with Crippen LogP contribution in [0.15, 0.2) is 59.2 Å². The minimum absolute atomic E-state index is 0.0668. The van der Waals surface area contributed by atoms with Gasteiger partial charge in [-0.25, -0.2) is 9.97 Å². The molecule has 41 heavy (non-hydrogen) atoms. The number of aliphatic imine (C=N–C) groups is 1. The van der Waals surface area contributed by atoms with Crippen LogP contribution in [0.2, 0.25) is 0 Å². The molecule has 0 radical (unpaired) electrons. The zero-order chi connectivity index (χ0) is 30.7. The normalized spacial score (nSPS) is 14.4. The molecule has 4 rings (SSSR count). The SMILES string of the molecule is CN=C(/C=C(\C)C(C)(C)c1nccc(-n2c3ccc(C(F)(F)F)cc3c3cc(C(F)(F)F)cc(C)c32)n1)C(F)(F)F. The predicted octanol–water partition coefficient (Wildman–Crippen LogP) is 8.78. The van der Waals surface area contributed by atoms with Gasteiger partial charge in [-0.2, -0.15) is 39.5 Å². The summed E-state index contributed by atoms with van der Waals surface area (Å²) < 4.78 is 123. The van der Waals surface area contributed by atoms with E-state index in [-0.39, 0.29) is 44.6 Å². The van der Waals surface area contributed by atoms with Gasteiger partial charge in [-0.05, 0) is 75.7 Å². The van der Waals surface area contributed by atoms with Crippen molar-refractivity contribution in [1.82, 2.24) is 14.5 Å². The summed E-state index contributed by atoms with van der Waals surface area (Å²) in [5, 5.41) is -0.142. The van der Waals surface area contributed by atoms with Crippen molar-refractivity contribution >= 4 is 27.5 Å². The highest BCUT2D eigenvalue weighted by atomic mass is 19.4. The topological polar surface area (TPSA) is 43.1 Å². The lowest BCUT2D eigenvalue weighted by atomic mass is 9.83. The van der Waals surface area contributed by atoms with Crippen LogP contribution in [0.5, 0.6) is 0 Å². The van der Waals surface area contributed by atoms with E-state index in [0.29, 0.717) is 0 Å². The third-order valence-electron chi connectivity index (χ3n) is 7.01. The van der Waals surface area contributed by atoms with E-state index in [9.17, 15) is 39.5 Å². The van der Waals surface area contributed by atoms with Crippen LogP contribution in [0.25, 0.3) is 27.6 Å². The van der Waals surface area contributed by atoms with E-state index in [1.165, 1.54) is 30.7 Å². The van der Waals surface area contributed by atoms with E-state index >= 15 is 0 Å². The summed E-state index contributed by atoms with van der Waals surface area (Å²) in [6.07, 6.45) is -12.0. The second kappa shape index (κ2) is 9.88. The molecule has 0 aliphatic carbocycles. The zero-order valence-corrected chi connectivity index (χ0v) is 22.3. The van der Waals surface area contributed by atoms with Gasteiger partial charge in [0, 0.05) is 29.4 Å². The van der Waals surface area contributed by atoms with Crippen LogP contribution < -0.4 is 0 Å². The maximum absolute atomic E-state index is 13.7. The Morgan fingerprint density at radius 2 is 1.46 bits per heavy atom. The van der Waals surface area contributed by atoms with Crippen LogP contribution in [-0.2, 0) is 17.8 Å². The van der Waals surface area contributed by atoms with E-state index in [4.69, 9.17) is 0 Å². The quantitative estimate of drug-likeness (QED) is 0.177. The lowest BCUT2D eigenvalue weighted by Crippen LogP contribution is -2.27. The standard InChI is InChI=1S/C28H23F9N4/c1-14-10-17(27(32,33)34)13-19-18-12-16(26(29,30)31)6-7-20(18)41(23(14)19)22-8-9-39-24(40-22)25(3,4)15(2)11-21(38-5)28(35,36)37/h6-13H,1-5H3/b15-11+,38-21?. The maximum atomic E-state index is 13.7. The highest BCUT2D eigenvalue weighted by Crippen LogP contribution is 2.41. The molecule has 4 aromatic rings. The van der Waals surface area contributed by atoms with Gasteiger partial charge in [-0.15, -0.1) is 0 Å². The number of rotatable bonds is 4. The summed E-state index contributed by atoms with van der Waals surface area (Å²) in [7, 11) is 1.01. The number of allylic oxidation sites excluding steroid dienone is 2. The van der Waals surface area contributed by atoms with Crippen LogP contribution in [0, 0.1) is 6.92 Å². The summed E-state index contributed by atoms with van der Waals surface area (Å²) in [5.41, 5.74) is -3.65. The largest absolute Gasteiger partial charge is 0.432 e. The Hall–Kier alpha value is -3.90. The number of fused-ring (bicyclic) bond motifs is 3. The van der Waals surface area contributed by atoms with Crippen molar-refractivity contribution in [2.45, 2.75) is 51.6 Å². The predicted molar refractivity (Wildman–Crippen MR) is 137 cm³/mol. The molecule has 0 bridgehead atoms. The fourth-order valence-corrected chi connectivity index (χ4v) is 4.54. The summed E-state index contributed by atoms with van der Waals surface area (Å²) in [5.74, 6) is 0.187. The molecule has 2 aromatic heterocycles. The molecule has 0 saturated heterocycles. The van der Waals surface area contributed by atoms with Gasteiger partial charge in [0.05, 0.1) is 22.2 Å².